The molecule has 13 heavy (non-hydrogen) atoms. The first kappa shape index (κ1) is 9.95. The maximum Gasteiger partial charge on any atom is 0.306 e. The third-order valence-corrected chi connectivity index (χ3v) is 2.60. The monoisotopic (exact) mass is 187 g/mol. The van der Waals surface area contributed by atoms with Crippen LogP contribution in [0.1, 0.15) is 25.7 Å². The highest BCUT2D eigenvalue weighted by Gasteiger charge is 2.28. The predicted octanol–water partition coefficient (Wildman–Crippen LogP) is 1.15. The summed E-state index contributed by atoms with van der Waals surface area (Å²) in [6.07, 6.45) is 2.54. The molecule has 0 amide bonds. The maximum atomic E-state index is 10.5. The van der Waals surface area contributed by atoms with Crippen molar-refractivity contribution in [3.8, 4) is 0 Å². The number of aliphatic carboxylic acids is 1. The summed E-state index contributed by atoms with van der Waals surface area (Å²) in [5, 5.41) is 18.8. The average Bonchev–Trinajstić information content (AvgIpc) is 2.04. The van der Waals surface area contributed by atoms with Gasteiger partial charge in [0.2, 0.25) is 6.54 Å². The van der Waals surface area contributed by atoms with Crippen LogP contribution in [0.3, 0.4) is 0 Å². The third-order valence-electron chi connectivity index (χ3n) is 2.60. The molecule has 0 spiro atoms. The van der Waals surface area contributed by atoms with Crippen LogP contribution in [0.4, 0.5) is 0 Å². The summed E-state index contributed by atoms with van der Waals surface area (Å²) in [5.74, 6) is -0.951. The van der Waals surface area contributed by atoms with Gasteiger partial charge < -0.3 is 5.11 Å². The smallest absolute Gasteiger partial charge is 0.306 e. The summed E-state index contributed by atoms with van der Waals surface area (Å²) in [6, 6.07) is 0. The molecule has 1 fully saturated rings. The van der Waals surface area contributed by atoms with Crippen molar-refractivity contribution in [2.75, 3.05) is 6.54 Å². The Bertz CT molecular complexity index is 208. The Morgan fingerprint density at radius 3 is 2.31 bits per heavy atom. The highest BCUT2D eigenvalue weighted by Crippen LogP contribution is 2.28. The highest BCUT2D eigenvalue weighted by atomic mass is 16.6. The van der Waals surface area contributed by atoms with Crippen LogP contribution in [0.2, 0.25) is 0 Å². The number of nitro groups is 1. The van der Waals surface area contributed by atoms with Gasteiger partial charge in [0.25, 0.3) is 0 Å². The molecule has 5 heteroatoms. The van der Waals surface area contributed by atoms with E-state index in [0.29, 0.717) is 25.7 Å². The van der Waals surface area contributed by atoms with Crippen LogP contribution in [0.15, 0.2) is 0 Å². The molecule has 0 unspecified atom stereocenters. The molecule has 74 valence electrons. The molecular weight excluding hydrogens is 174 g/mol. The lowest BCUT2D eigenvalue weighted by molar-refractivity contribution is -0.489. The van der Waals surface area contributed by atoms with Crippen LogP contribution in [0, 0.1) is 22.0 Å². The summed E-state index contributed by atoms with van der Waals surface area (Å²) >= 11 is 0. The molecule has 1 aliphatic rings. The SMILES string of the molecule is O=C(O)C1CCC(C[N+](=O)[O-])CC1. The van der Waals surface area contributed by atoms with Crippen LogP contribution in [0.25, 0.3) is 0 Å². The fourth-order valence-corrected chi connectivity index (χ4v) is 1.80. The second-order valence-electron chi connectivity index (χ2n) is 3.57. The van der Waals surface area contributed by atoms with E-state index in [9.17, 15) is 14.9 Å². The van der Waals surface area contributed by atoms with Gasteiger partial charge >= 0.3 is 5.97 Å². The normalized spacial score (nSPS) is 28.3. The summed E-state index contributed by atoms with van der Waals surface area (Å²) in [6.45, 7) is -0.00760. The minimum Gasteiger partial charge on any atom is -0.481 e. The van der Waals surface area contributed by atoms with Gasteiger partial charge in [-0.25, -0.2) is 0 Å². The van der Waals surface area contributed by atoms with E-state index < -0.39 is 5.97 Å². The fraction of sp³-hybridized carbons (Fsp3) is 0.875. The number of nitrogens with zero attached hydrogens (tertiary/aromatic N) is 1. The van der Waals surface area contributed by atoms with Crippen molar-refractivity contribution in [3.63, 3.8) is 0 Å². The molecule has 1 rings (SSSR count). The highest BCUT2D eigenvalue weighted by molar-refractivity contribution is 5.69. The first-order valence-electron chi connectivity index (χ1n) is 4.44. The Kier molecular flexibility index (Phi) is 3.22. The molecule has 0 aromatic heterocycles. The zero-order chi connectivity index (χ0) is 9.84. The van der Waals surface area contributed by atoms with E-state index in [1.165, 1.54) is 0 Å². The zero-order valence-electron chi connectivity index (χ0n) is 7.31. The average molecular weight is 187 g/mol. The van der Waals surface area contributed by atoms with Crippen molar-refractivity contribution < 1.29 is 14.8 Å². The summed E-state index contributed by atoms with van der Waals surface area (Å²) in [7, 11) is 0. The van der Waals surface area contributed by atoms with Gasteiger partial charge in [0.1, 0.15) is 0 Å². The lowest BCUT2D eigenvalue weighted by Crippen LogP contribution is -2.25. The molecular formula is C8H13NO4. The Morgan fingerprint density at radius 1 is 1.38 bits per heavy atom. The third kappa shape index (κ3) is 3.01. The van der Waals surface area contributed by atoms with Gasteiger partial charge in [0, 0.05) is 10.8 Å². The Hall–Kier alpha value is -1.13. The molecule has 0 aromatic rings. The van der Waals surface area contributed by atoms with Crippen LogP contribution >= 0.6 is 0 Å². The molecule has 0 radical (unpaired) electrons. The van der Waals surface area contributed by atoms with E-state index in [1.54, 1.807) is 0 Å². The number of carboxylic acids is 1. The summed E-state index contributed by atoms with van der Waals surface area (Å²) in [4.78, 5) is 20.4. The Balaban J connectivity index is 2.30. The van der Waals surface area contributed by atoms with E-state index in [-0.39, 0.29) is 23.3 Å². The molecule has 0 aliphatic heterocycles. The van der Waals surface area contributed by atoms with Crippen molar-refractivity contribution in [1.29, 1.82) is 0 Å². The minimum absolute atomic E-state index is 0.00760. The number of carboxylic acid groups (broad SMARTS) is 1. The second-order valence-corrected chi connectivity index (χ2v) is 3.57. The second kappa shape index (κ2) is 4.20. The van der Waals surface area contributed by atoms with Crippen molar-refractivity contribution in [3.05, 3.63) is 10.1 Å². The predicted molar refractivity (Wildman–Crippen MR) is 44.9 cm³/mol. The number of hydrogen-bond donors (Lipinski definition) is 1. The van der Waals surface area contributed by atoms with E-state index in [0.717, 1.165) is 0 Å². The molecule has 0 atom stereocenters. The van der Waals surface area contributed by atoms with E-state index in [2.05, 4.69) is 0 Å². The van der Waals surface area contributed by atoms with Crippen LogP contribution in [0.5, 0.6) is 0 Å². The molecule has 0 bridgehead atoms. The van der Waals surface area contributed by atoms with Crippen molar-refractivity contribution in [2.24, 2.45) is 11.8 Å². The van der Waals surface area contributed by atoms with Crippen LogP contribution in [-0.2, 0) is 4.79 Å². The minimum atomic E-state index is -0.764. The lowest BCUT2D eigenvalue weighted by Gasteiger charge is -2.22. The van der Waals surface area contributed by atoms with Crippen molar-refractivity contribution in [1.82, 2.24) is 0 Å². The molecule has 5 nitrogen and oxygen atoms in total. The van der Waals surface area contributed by atoms with E-state index in [4.69, 9.17) is 5.11 Å². The topological polar surface area (TPSA) is 80.4 Å². The largest absolute Gasteiger partial charge is 0.481 e. The molecule has 1 N–H and O–H groups in total. The van der Waals surface area contributed by atoms with Gasteiger partial charge in [-0.2, -0.15) is 0 Å². The van der Waals surface area contributed by atoms with Crippen LogP contribution < -0.4 is 0 Å². The summed E-state index contributed by atoms with van der Waals surface area (Å²) in [5.41, 5.74) is 0. The van der Waals surface area contributed by atoms with Crippen LogP contribution in [-0.4, -0.2) is 22.5 Å². The van der Waals surface area contributed by atoms with E-state index >= 15 is 0 Å². The van der Waals surface area contributed by atoms with Gasteiger partial charge in [-0.15, -0.1) is 0 Å². The molecule has 1 aliphatic carbocycles. The molecule has 0 heterocycles. The van der Waals surface area contributed by atoms with Gasteiger partial charge in [0.15, 0.2) is 0 Å². The van der Waals surface area contributed by atoms with Gasteiger partial charge in [0.05, 0.1) is 5.92 Å². The quantitative estimate of drug-likeness (QED) is 0.531. The Labute approximate surface area is 75.9 Å². The van der Waals surface area contributed by atoms with Crippen molar-refractivity contribution in [2.45, 2.75) is 25.7 Å². The number of hydrogen-bond acceptors (Lipinski definition) is 3. The van der Waals surface area contributed by atoms with E-state index in [1.807, 2.05) is 0 Å². The van der Waals surface area contributed by atoms with Gasteiger partial charge in [-0.1, -0.05) is 0 Å². The van der Waals surface area contributed by atoms with Gasteiger partial charge in [-0.05, 0) is 25.7 Å². The lowest BCUT2D eigenvalue weighted by atomic mass is 9.82. The Morgan fingerprint density at radius 2 is 1.92 bits per heavy atom. The molecule has 0 aromatic carbocycles. The number of rotatable bonds is 3. The standard InChI is InChI=1S/C8H13NO4/c10-8(11)7-3-1-6(2-4-7)5-9(12)13/h6-7H,1-5H2,(H,10,11). The number of carbonyl (C=O) groups is 1. The maximum absolute atomic E-state index is 10.5. The fourth-order valence-electron chi connectivity index (χ4n) is 1.80. The molecule has 0 saturated heterocycles. The van der Waals surface area contributed by atoms with Crippen molar-refractivity contribution >= 4 is 5.97 Å². The molecule has 1 saturated carbocycles. The summed E-state index contributed by atoms with van der Waals surface area (Å²) < 4.78 is 0. The first-order valence-corrected chi connectivity index (χ1v) is 4.44. The van der Waals surface area contributed by atoms with Gasteiger partial charge in [-0.3, -0.25) is 14.9 Å². The first-order chi connectivity index (χ1) is 6.09. The zero-order valence-corrected chi connectivity index (χ0v) is 7.31.